The van der Waals surface area contributed by atoms with Crippen molar-refractivity contribution in [1.29, 1.82) is 0 Å². The van der Waals surface area contributed by atoms with Gasteiger partial charge in [0.25, 0.3) is 0 Å². The highest BCUT2D eigenvalue weighted by Gasteiger charge is 2.30. The molecule has 3 N–H and O–H groups in total. The molecule has 4 heteroatoms. The zero-order chi connectivity index (χ0) is 10.7. The van der Waals surface area contributed by atoms with Crippen molar-refractivity contribution in [2.75, 3.05) is 19.7 Å². The molecule has 1 aromatic rings. The van der Waals surface area contributed by atoms with Gasteiger partial charge in [-0.15, -0.1) is 0 Å². The molecule has 0 bridgehead atoms. The van der Waals surface area contributed by atoms with Gasteiger partial charge in [0.1, 0.15) is 5.76 Å². The normalized spacial score (nSPS) is 28.1. The van der Waals surface area contributed by atoms with Gasteiger partial charge in [-0.1, -0.05) is 0 Å². The molecule has 0 aliphatic carbocycles. The Hall–Kier alpha value is -0.840. The number of rotatable bonds is 3. The lowest BCUT2D eigenvalue weighted by Crippen LogP contribution is -2.56. The molecule has 1 saturated heterocycles. The van der Waals surface area contributed by atoms with E-state index in [9.17, 15) is 5.11 Å². The summed E-state index contributed by atoms with van der Waals surface area (Å²) in [6.45, 7) is 2.61. The minimum absolute atomic E-state index is 0.0572. The number of aliphatic hydroxyl groups is 1. The average molecular weight is 210 g/mol. The Balaban J connectivity index is 1.93. The van der Waals surface area contributed by atoms with Crippen LogP contribution in [0, 0.1) is 0 Å². The van der Waals surface area contributed by atoms with Crippen molar-refractivity contribution >= 4 is 0 Å². The van der Waals surface area contributed by atoms with Gasteiger partial charge < -0.3 is 15.3 Å². The SMILES string of the molecule is NC1(CO)CCCN(Cc2ccco2)C1. The largest absolute Gasteiger partial charge is 0.468 e. The predicted molar refractivity (Wildman–Crippen MR) is 57.2 cm³/mol. The minimum atomic E-state index is -0.426. The van der Waals surface area contributed by atoms with Crippen LogP contribution < -0.4 is 5.73 Å². The summed E-state index contributed by atoms with van der Waals surface area (Å²) < 4.78 is 5.29. The molecule has 2 heterocycles. The first kappa shape index (κ1) is 10.7. The molecule has 0 saturated carbocycles. The number of nitrogens with two attached hydrogens (primary N) is 1. The Kier molecular flexibility index (Phi) is 3.09. The van der Waals surface area contributed by atoms with Gasteiger partial charge in [0.05, 0.1) is 25.0 Å². The van der Waals surface area contributed by atoms with Crippen LogP contribution in [0.4, 0.5) is 0 Å². The highest BCUT2D eigenvalue weighted by Crippen LogP contribution is 2.20. The molecule has 1 fully saturated rings. The van der Waals surface area contributed by atoms with E-state index in [1.54, 1.807) is 6.26 Å². The molecule has 1 aliphatic rings. The minimum Gasteiger partial charge on any atom is -0.468 e. The molecule has 1 atom stereocenters. The second-order valence-electron chi connectivity index (χ2n) is 4.41. The van der Waals surface area contributed by atoms with Crippen molar-refractivity contribution in [1.82, 2.24) is 4.90 Å². The summed E-state index contributed by atoms with van der Waals surface area (Å²) in [4.78, 5) is 2.23. The van der Waals surface area contributed by atoms with Crippen molar-refractivity contribution in [2.24, 2.45) is 5.73 Å². The van der Waals surface area contributed by atoms with Gasteiger partial charge >= 0.3 is 0 Å². The summed E-state index contributed by atoms with van der Waals surface area (Å²) >= 11 is 0. The van der Waals surface area contributed by atoms with Gasteiger partial charge in [0.2, 0.25) is 0 Å². The van der Waals surface area contributed by atoms with Crippen molar-refractivity contribution in [3.8, 4) is 0 Å². The van der Waals surface area contributed by atoms with Crippen LogP contribution in [-0.2, 0) is 6.54 Å². The van der Waals surface area contributed by atoms with Crippen molar-refractivity contribution in [3.63, 3.8) is 0 Å². The predicted octanol–water partition coefficient (Wildman–Crippen LogP) is 0.565. The maximum absolute atomic E-state index is 9.22. The molecule has 0 amide bonds. The van der Waals surface area contributed by atoms with Crippen LogP contribution in [0.25, 0.3) is 0 Å². The topological polar surface area (TPSA) is 62.6 Å². The number of aliphatic hydroxyl groups excluding tert-OH is 1. The fourth-order valence-electron chi connectivity index (χ4n) is 2.15. The van der Waals surface area contributed by atoms with Crippen molar-refractivity contribution in [2.45, 2.75) is 24.9 Å². The molecule has 1 unspecified atom stereocenters. The Bertz CT molecular complexity index is 300. The maximum atomic E-state index is 9.22. The molecule has 0 spiro atoms. The number of furan rings is 1. The summed E-state index contributed by atoms with van der Waals surface area (Å²) in [5.74, 6) is 0.956. The lowest BCUT2D eigenvalue weighted by Gasteiger charge is -2.38. The van der Waals surface area contributed by atoms with Gasteiger partial charge in [-0.2, -0.15) is 0 Å². The van der Waals surface area contributed by atoms with Gasteiger partial charge in [-0.05, 0) is 31.5 Å². The molecular weight excluding hydrogens is 192 g/mol. The first-order valence-electron chi connectivity index (χ1n) is 5.36. The first-order chi connectivity index (χ1) is 7.22. The van der Waals surface area contributed by atoms with E-state index in [1.165, 1.54) is 0 Å². The Morgan fingerprint density at radius 1 is 1.60 bits per heavy atom. The highest BCUT2D eigenvalue weighted by molar-refractivity contribution is 5.00. The van der Waals surface area contributed by atoms with E-state index < -0.39 is 5.54 Å². The molecule has 15 heavy (non-hydrogen) atoms. The first-order valence-corrected chi connectivity index (χ1v) is 5.36. The van der Waals surface area contributed by atoms with E-state index in [2.05, 4.69) is 4.90 Å². The van der Waals surface area contributed by atoms with E-state index in [4.69, 9.17) is 10.2 Å². The van der Waals surface area contributed by atoms with Crippen LogP contribution in [0.2, 0.25) is 0 Å². The highest BCUT2D eigenvalue weighted by atomic mass is 16.3. The van der Waals surface area contributed by atoms with Crippen LogP contribution in [0.15, 0.2) is 22.8 Å². The second-order valence-corrected chi connectivity index (χ2v) is 4.41. The van der Waals surface area contributed by atoms with Gasteiger partial charge in [-0.3, -0.25) is 4.90 Å². The van der Waals surface area contributed by atoms with Crippen LogP contribution in [0.3, 0.4) is 0 Å². The monoisotopic (exact) mass is 210 g/mol. The fraction of sp³-hybridized carbons (Fsp3) is 0.636. The van der Waals surface area contributed by atoms with Crippen molar-refractivity contribution in [3.05, 3.63) is 24.2 Å². The zero-order valence-electron chi connectivity index (χ0n) is 8.85. The molecule has 2 rings (SSSR count). The van der Waals surface area contributed by atoms with E-state index in [-0.39, 0.29) is 6.61 Å². The zero-order valence-corrected chi connectivity index (χ0v) is 8.85. The number of piperidine rings is 1. The lowest BCUT2D eigenvalue weighted by atomic mass is 9.91. The van der Waals surface area contributed by atoms with Crippen LogP contribution in [-0.4, -0.2) is 35.2 Å². The Morgan fingerprint density at radius 3 is 3.13 bits per heavy atom. The number of hydrogen-bond donors (Lipinski definition) is 2. The summed E-state index contributed by atoms with van der Waals surface area (Å²) in [5, 5.41) is 9.22. The molecule has 0 radical (unpaired) electrons. The van der Waals surface area contributed by atoms with Crippen LogP contribution in [0.1, 0.15) is 18.6 Å². The summed E-state index contributed by atoms with van der Waals surface area (Å²) in [6, 6.07) is 3.85. The summed E-state index contributed by atoms with van der Waals surface area (Å²) in [5.41, 5.74) is 5.63. The second kappa shape index (κ2) is 4.35. The smallest absolute Gasteiger partial charge is 0.117 e. The molecule has 1 aliphatic heterocycles. The Morgan fingerprint density at radius 2 is 2.47 bits per heavy atom. The third kappa shape index (κ3) is 2.59. The van der Waals surface area contributed by atoms with Gasteiger partial charge in [0.15, 0.2) is 0 Å². The molecule has 4 nitrogen and oxygen atoms in total. The van der Waals surface area contributed by atoms with E-state index >= 15 is 0 Å². The fourth-order valence-corrected chi connectivity index (χ4v) is 2.15. The molecule has 0 aromatic carbocycles. The van der Waals surface area contributed by atoms with Crippen LogP contribution in [0.5, 0.6) is 0 Å². The number of nitrogens with zero attached hydrogens (tertiary/aromatic N) is 1. The van der Waals surface area contributed by atoms with Gasteiger partial charge in [0, 0.05) is 6.54 Å². The third-order valence-electron chi connectivity index (χ3n) is 2.96. The van der Waals surface area contributed by atoms with E-state index in [0.29, 0.717) is 0 Å². The van der Waals surface area contributed by atoms with Gasteiger partial charge in [-0.25, -0.2) is 0 Å². The molecule has 84 valence electrons. The summed E-state index contributed by atoms with van der Waals surface area (Å²) in [6.07, 6.45) is 3.62. The lowest BCUT2D eigenvalue weighted by molar-refractivity contribution is 0.0859. The van der Waals surface area contributed by atoms with E-state index in [0.717, 1.165) is 38.2 Å². The third-order valence-corrected chi connectivity index (χ3v) is 2.96. The van der Waals surface area contributed by atoms with Crippen molar-refractivity contribution < 1.29 is 9.52 Å². The molecule has 1 aromatic heterocycles. The van der Waals surface area contributed by atoms with Crippen LogP contribution >= 0.6 is 0 Å². The maximum Gasteiger partial charge on any atom is 0.117 e. The van der Waals surface area contributed by atoms with E-state index in [1.807, 2.05) is 12.1 Å². The summed E-state index contributed by atoms with van der Waals surface area (Å²) in [7, 11) is 0. The Labute approximate surface area is 89.7 Å². The number of likely N-dealkylation sites (tertiary alicyclic amines) is 1. The standard InChI is InChI=1S/C11H18N2O2/c12-11(9-14)4-2-5-13(8-11)7-10-3-1-6-15-10/h1,3,6,14H,2,4-5,7-9,12H2. The average Bonchev–Trinajstić information content (AvgIpc) is 2.71. The molecular formula is C11H18N2O2. The number of hydrogen-bond acceptors (Lipinski definition) is 4. The quantitative estimate of drug-likeness (QED) is 0.765.